The van der Waals surface area contributed by atoms with E-state index in [1.54, 1.807) is 0 Å². The van der Waals surface area contributed by atoms with Crippen molar-refractivity contribution in [1.29, 1.82) is 0 Å². The van der Waals surface area contributed by atoms with E-state index in [2.05, 4.69) is 10.3 Å². The van der Waals surface area contributed by atoms with Crippen molar-refractivity contribution in [1.82, 2.24) is 10.3 Å². The molecule has 5 rings (SSSR count). The number of amides is 1. The summed E-state index contributed by atoms with van der Waals surface area (Å²) in [6.07, 6.45) is 8.91. The van der Waals surface area contributed by atoms with Crippen molar-refractivity contribution in [3.8, 4) is 0 Å². The number of halogens is 2. The molecule has 8 heteroatoms. The third-order valence-electron chi connectivity index (χ3n) is 6.35. The predicted octanol–water partition coefficient (Wildman–Crippen LogP) is 3.89. The van der Waals surface area contributed by atoms with Crippen LogP contribution in [0.25, 0.3) is 0 Å². The van der Waals surface area contributed by atoms with Crippen LogP contribution in [0, 0.1) is 23.2 Å². The normalized spacial score (nSPS) is 30.5. The summed E-state index contributed by atoms with van der Waals surface area (Å²) in [5.74, 6) is -1.45. The van der Waals surface area contributed by atoms with Gasteiger partial charge >= 0.3 is 5.97 Å². The van der Waals surface area contributed by atoms with Gasteiger partial charge in [-0.15, -0.1) is 0 Å². The van der Waals surface area contributed by atoms with Gasteiger partial charge in [-0.25, -0.2) is 9.78 Å². The van der Waals surface area contributed by atoms with Gasteiger partial charge in [-0.3, -0.25) is 4.79 Å². The number of nitrogens with zero attached hydrogens (tertiary/aromatic N) is 1. The van der Waals surface area contributed by atoms with Crippen LogP contribution in [0.2, 0.25) is 0 Å². The number of thioether (sulfide) groups is 1. The highest BCUT2D eigenvalue weighted by atomic mass is 32.2. The van der Waals surface area contributed by atoms with Crippen molar-refractivity contribution < 1.29 is 23.1 Å². The Kier molecular flexibility index (Phi) is 5.58. The van der Waals surface area contributed by atoms with Gasteiger partial charge in [-0.05, 0) is 85.6 Å². The summed E-state index contributed by atoms with van der Waals surface area (Å²) in [6, 6.07) is 2.84. The number of hydrogen-bond donors (Lipinski definition) is 1. The summed E-state index contributed by atoms with van der Waals surface area (Å²) in [4.78, 5) is 28.2. The molecule has 5 nitrogen and oxygen atoms in total. The third kappa shape index (κ3) is 4.31. The van der Waals surface area contributed by atoms with Gasteiger partial charge in [0.1, 0.15) is 5.03 Å². The molecule has 0 aliphatic heterocycles. The highest BCUT2D eigenvalue weighted by molar-refractivity contribution is 7.99. The number of ether oxygens (including phenoxy) is 1. The van der Waals surface area contributed by atoms with Gasteiger partial charge in [-0.2, -0.15) is 8.78 Å². The summed E-state index contributed by atoms with van der Waals surface area (Å²) >= 11 is 0.184. The molecule has 0 spiro atoms. The molecule has 1 heterocycles. The molecule has 0 atom stereocenters. The Hall–Kier alpha value is -1.70. The molecule has 1 N–H and O–H groups in total. The summed E-state index contributed by atoms with van der Waals surface area (Å²) in [6.45, 7) is 0.213. The van der Waals surface area contributed by atoms with Gasteiger partial charge in [0.25, 0.3) is 11.7 Å². The van der Waals surface area contributed by atoms with Crippen LogP contribution in [-0.2, 0) is 9.53 Å². The average molecular weight is 410 g/mol. The van der Waals surface area contributed by atoms with E-state index in [4.69, 9.17) is 4.74 Å². The van der Waals surface area contributed by atoms with Crippen LogP contribution < -0.4 is 5.32 Å². The van der Waals surface area contributed by atoms with E-state index in [1.165, 1.54) is 56.9 Å². The van der Waals surface area contributed by atoms with Gasteiger partial charge in [0.15, 0.2) is 6.61 Å². The molecule has 0 unspecified atom stereocenters. The second kappa shape index (κ2) is 7.97. The lowest BCUT2D eigenvalue weighted by Crippen LogP contribution is -2.51. The molecular formula is C20H24F2N2O3S. The summed E-state index contributed by atoms with van der Waals surface area (Å²) in [7, 11) is 0. The summed E-state index contributed by atoms with van der Waals surface area (Å²) in [5, 5.41) is 2.84. The molecule has 4 aliphatic rings. The van der Waals surface area contributed by atoms with Crippen LogP contribution in [0.15, 0.2) is 23.4 Å². The fourth-order valence-corrected chi connectivity index (χ4v) is 6.35. The predicted molar refractivity (Wildman–Crippen MR) is 100.0 cm³/mol. The highest BCUT2D eigenvalue weighted by Gasteiger charge is 2.50. The molecule has 4 saturated carbocycles. The Morgan fingerprint density at radius 1 is 1.21 bits per heavy atom. The number of esters is 1. The smallest absolute Gasteiger partial charge is 0.341 e. The molecule has 4 bridgehead atoms. The van der Waals surface area contributed by atoms with Crippen molar-refractivity contribution in [3.05, 3.63) is 23.9 Å². The zero-order chi connectivity index (χ0) is 19.7. The number of carbonyl (C=O) groups excluding carboxylic acids is 2. The molecule has 1 aromatic rings. The van der Waals surface area contributed by atoms with Crippen molar-refractivity contribution in [2.45, 2.75) is 49.3 Å². The lowest BCUT2D eigenvalue weighted by atomic mass is 9.49. The first-order valence-electron chi connectivity index (χ1n) is 9.76. The minimum atomic E-state index is -2.69. The zero-order valence-electron chi connectivity index (χ0n) is 15.5. The summed E-state index contributed by atoms with van der Waals surface area (Å²) < 4.78 is 30.2. The van der Waals surface area contributed by atoms with Crippen LogP contribution in [0.5, 0.6) is 0 Å². The molecule has 28 heavy (non-hydrogen) atoms. The van der Waals surface area contributed by atoms with Gasteiger partial charge in [0.2, 0.25) is 0 Å². The van der Waals surface area contributed by atoms with Crippen LogP contribution in [-0.4, -0.2) is 35.8 Å². The van der Waals surface area contributed by atoms with E-state index in [9.17, 15) is 18.4 Å². The minimum Gasteiger partial charge on any atom is -0.452 e. The number of nitrogens with one attached hydrogen (secondary N) is 1. The topological polar surface area (TPSA) is 68.3 Å². The van der Waals surface area contributed by atoms with E-state index >= 15 is 0 Å². The van der Waals surface area contributed by atoms with E-state index in [0.717, 1.165) is 17.8 Å². The maximum absolute atomic E-state index is 12.6. The Bertz CT molecular complexity index is 723. The molecule has 0 aromatic carbocycles. The fraction of sp³-hybridized carbons (Fsp3) is 0.650. The Morgan fingerprint density at radius 3 is 2.46 bits per heavy atom. The summed E-state index contributed by atoms with van der Waals surface area (Å²) in [5.41, 5.74) is 0.153. The molecule has 1 aromatic heterocycles. The molecule has 152 valence electrons. The first-order chi connectivity index (χ1) is 13.4. The maximum Gasteiger partial charge on any atom is 0.341 e. The monoisotopic (exact) mass is 410 g/mol. The van der Waals surface area contributed by atoms with Crippen LogP contribution in [0.4, 0.5) is 8.78 Å². The fourth-order valence-electron chi connectivity index (χ4n) is 5.78. The molecule has 4 aliphatic carbocycles. The molecule has 0 saturated heterocycles. The van der Waals surface area contributed by atoms with Crippen molar-refractivity contribution >= 4 is 23.6 Å². The molecular weight excluding hydrogens is 386 g/mol. The molecule has 1 amide bonds. The standard InChI is InChI=1S/C20H24F2N2O3S/c21-19(22)28-17-15(2-1-3-23-17)18(26)27-10-16(25)24-11-20-7-12-4-13(8-20)6-14(5-12)9-20/h1-3,12-14,19H,4-11H2,(H,24,25). The van der Waals surface area contributed by atoms with Crippen LogP contribution in [0.1, 0.15) is 48.9 Å². The van der Waals surface area contributed by atoms with Crippen LogP contribution >= 0.6 is 11.8 Å². The minimum absolute atomic E-state index is 0.0540. The Labute approximate surface area is 167 Å². The van der Waals surface area contributed by atoms with Crippen LogP contribution in [0.3, 0.4) is 0 Å². The number of alkyl halides is 2. The van der Waals surface area contributed by atoms with Gasteiger partial charge < -0.3 is 10.1 Å². The maximum atomic E-state index is 12.6. The van der Waals surface area contributed by atoms with Gasteiger partial charge in [0.05, 0.1) is 5.56 Å². The van der Waals surface area contributed by atoms with Crippen molar-refractivity contribution in [2.24, 2.45) is 23.2 Å². The largest absolute Gasteiger partial charge is 0.452 e. The van der Waals surface area contributed by atoms with E-state index in [0.29, 0.717) is 6.54 Å². The van der Waals surface area contributed by atoms with E-state index in [1.807, 2.05) is 0 Å². The van der Waals surface area contributed by atoms with Crippen molar-refractivity contribution in [2.75, 3.05) is 13.2 Å². The number of hydrogen-bond acceptors (Lipinski definition) is 5. The van der Waals surface area contributed by atoms with Gasteiger partial charge in [-0.1, -0.05) is 0 Å². The first-order valence-corrected chi connectivity index (χ1v) is 10.6. The second-order valence-electron chi connectivity index (χ2n) is 8.51. The lowest BCUT2D eigenvalue weighted by molar-refractivity contribution is -0.126. The number of rotatable bonds is 7. The highest BCUT2D eigenvalue weighted by Crippen LogP contribution is 2.59. The molecule has 0 radical (unpaired) electrons. The van der Waals surface area contributed by atoms with E-state index < -0.39 is 18.3 Å². The quantitative estimate of drug-likeness (QED) is 0.546. The third-order valence-corrected chi connectivity index (χ3v) is 7.08. The second-order valence-corrected chi connectivity index (χ2v) is 9.48. The first kappa shape index (κ1) is 19.6. The zero-order valence-corrected chi connectivity index (χ0v) is 16.4. The molecule has 4 fully saturated rings. The SMILES string of the molecule is O=C(COC(=O)c1cccnc1SC(F)F)NCC12CC3CC(CC(C3)C1)C2. The number of carbonyl (C=O) groups is 2. The number of aromatic nitrogens is 1. The number of pyridine rings is 1. The lowest BCUT2D eigenvalue weighted by Gasteiger charge is -2.56. The Morgan fingerprint density at radius 2 is 1.86 bits per heavy atom. The van der Waals surface area contributed by atoms with Gasteiger partial charge in [0, 0.05) is 12.7 Å². The van der Waals surface area contributed by atoms with E-state index in [-0.39, 0.29) is 33.7 Å². The Balaban J connectivity index is 1.28. The van der Waals surface area contributed by atoms with Crippen molar-refractivity contribution in [3.63, 3.8) is 0 Å². The average Bonchev–Trinajstić information content (AvgIpc) is 2.63.